The summed E-state index contributed by atoms with van der Waals surface area (Å²) in [4.78, 5) is 36.8. The van der Waals surface area contributed by atoms with Crippen LogP contribution >= 0.6 is 11.8 Å². The van der Waals surface area contributed by atoms with Crippen molar-refractivity contribution in [2.45, 2.75) is 0 Å². The van der Waals surface area contributed by atoms with E-state index in [1.54, 1.807) is 4.90 Å². The van der Waals surface area contributed by atoms with Gasteiger partial charge in [-0.25, -0.2) is 0 Å². The number of hydrogen-bond donors (Lipinski definition) is 1. The Morgan fingerprint density at radius 1 is 1.16 bits per heavy atom. The van der Waals surface area contributed by atoms with Crippen molar-refractivity contribution < 1.29 is 24.2 Å². The summed E-state index contributed by atoms with van der Waals surface area (Å²) in [7, 11) is 1.35. The number of carboxylic acids is 1. The van der Waals surface area contributed by atoms with Gasteiger partial charge in [0.25, 0.3) is 0 Å². The molecule has 1 saturated heterocycles. The molecule has 0 aromatic heterocycles. The van der Waals surface area contributed by atoms with E-state index >= 15 is 0 Å². The van der Waals surface area contributed by atoms with Crippen LogP contribution in [0.5, 0.6) is 0 Å². The van der Waals surface area contributed by atoms with Crippen molar-refractivity contribution >= 4 is 29.6 Å². The van der Waals surface area contributed by atoms with Gasteiger partial charge in [-0.15, -0.1) is 11.8 Å². The van der Waals surface area contributed by atoms with E-state index in [1.807, 2.05) is 4.90 Å². The van der Waals surface area contributed by atoms with Gasteiger partial charge >= 0.3 is 11.9 Å². The quantitative estimate of drug-likeness (QED) is 0.636. The first-order valence-corrected chi connectivity index (χ1v) is 7.05. The molecule has 1 fully saturated rings. The van der Waals surface area contributed by atoms with Gasteiger partial charge in [0, 0.05) is 26.2 Å². The second kappa shape index (κ2) is 8.00. The number of carboxylic acid groups (broad SMARTS) is 1. The molecular weight excluding hydrogens is 272 g/mol. The third-order valence-corrected chi connectivity index (χ3v) is 3.66. The van der Waals surface area contributed by atoms with Gasteiger partial charge in [-0.1, -0.05) is 0 Å². The summed E-state index contributed by atoms with van der Waals surface area (Å²) < 4.78 is 4.58. The van der Waals surface area contributed by atoms with Crippen LogP contribution in [0.15, 0.2) is 0 Å². The Bertz CT molecular complexity index is 342. The summed E-state index contributed by atoms with van der Waals surface area (Å²) in [6, 6.07) is 0. The fraction of sp³-hybridized carbons (Fsp3) is 0.727. The number of ether oxygens (including phenoxy) is 1. The van der Waals surface area contributed by atoms with Crippen molar-refractivity contribution in [3.63, 3.8) is 0 Å². The molecule has 0 bridgehead atoms. The molecule has 1 aliphatic rings. The number of nitrogens with zero attached hydrogens (tertiary/aromatic N) is 2. The standard InChI is InChI=1S/C11H18N2O5S/c1-18-11(17)6-12-2-4-13(5-3-12)9(14)7-19-8-10(15)16/h2-8H2,1H3,(H,15,16). The first kappa shape index (κ1) is 15.8. The summed E-state index contributed by atoms with van der Waals surface area (Å²) in [5.74, 6) is -1.13. The molecule has 1 amide bonds. The van der Waals surface area contributed by atoms with Gasteiger partial charge in [0.1, 0.15) is 0 Å². The Labute approximate surface area is 115 Å². The number of carbonyl (C=O) groups is 3. The van der Waals surface area contributed by atoms with Gasteiger partial charge in [-0.2, -0.15) is 0 Å². The fourth-order valence-corrected chi connectivity index (χ4v) is 2.35. The summed E-state index contributed by atoms with van der Waals surface area (Å²) in [6.07, 6.45) is 0. The van der Waals surface area contributed by atoms with Crippen LogP contribution < -0.4 is 0 Å². The van der Waals surface area contributed by atoms with Gasteiger partial charge in [-0.05, 0) is 0 Å². The molecule has 0 aromatic carbocycles. The lowest BCUT2D eigenvalue weighted by molar-refractivity contribution is -0.142. The fourth-order valence-electron chi connectivity index (χ4n) is 1.72. The molecule has 0 saturated carbocycles. The van der Waals surface area contributed by atoms with Crippen molar-refractivity contribution in [3.05, 3.63) is 0 Å². The zero-order valence-electron chi connectivity index (χ0n) is 10.8. The first-order valence-electron chi connectivity index (χ1n) is 5.89. The predicted octanol–water partition coefficient (Wildman–Crippen LogP) is -0.879. The van der Waals surface area contributed by atoms with Crippen LogP contribution in [-0.4, -0.2) is 84.1 Å². The predicted molar refractivity (Wildman–Crippen MR) is 70.0 cm³/mol. The molecule has 19 heavy (non-hydrogen) atoms. The Morgan fingerprint density at radius 3 is 2.32 bits per heavy atom. The van der Waals surface area contributed by atoms with E-state index in [0.717, 1.165) is 11.8 Å². The van der Waals surface area contributed by atoms with Crippen LogP contribution in [0.1, 0.15) is 0 Å². The molecule has 7 nitrogen and oxygen atoms in total. The SMILES string of the molecule is COC(=O)CN1CCN(C(=O)CSCC(=O)O)CC1. The van der Waals surface area contributed by atoms with E-state index in [1.165, 1.54) is 7.11 Å². The Morgan fingerprint density at radius 2 is 1.79 bits per heavy atom. The summed E-state index contributed by atoms with van der Waals surface area (Å²) in [5.41, 5.74) is 0. The van der Waals surface area contributed by atoms with Crippen LogP contribution in [0.4, 0.5) is 0 Å². The second-order valence-electron chi connectivity index (χ2n) is 4.12. The topological polar surface area (TPSA) is 87.2 Å². The zero-order valence-corrected chi connectivity index (χ0v) is 11.6. The molecule has 108 valence electrons. The van der Waals surface area contributed by atoms with Crippen molar-refractivity contribution in [2.75, 3.05) is 51.3 Å². The zero-order chi connectivity index (χ0) is 14.3. The van der Waals surface area contributed by atoms with Crippen molar-refractivity contribution in [2.24, 2.45) is 0 Å². The monoisotopic (exact) mass is 290 g/mol. The van der Waals surface area contributed by atoms with E-state index in [0.29, 0.717) is 26.2 Å². The minimum atomic E-state index is -0.916. The molecule has 0 atom stereocenters. The van der Waals surface area contributed by atoms with Gasteiger partial charge in [0.15, 0.2) is 0 Å². The highest BCUT2D eigenvalue weighted by Crippen LogP contribution is 2.06. The number of carbonyl (C=O) groups excluding carboxylic acids is 2. The van der Waals surface area contributed by atoms with Crippen molar-refractivity contribution in [1.29, 1.82) is 0 Å². The highest BCUT2D eigenvalue weighted by molar-refractivity contribution is 8.00. The first-order chi connectivity index (χ1) is 9.02. The number of piperazine rings is 1. The summed E-state index contributed by atoms with van der Waals surface area (Å²) in [6.45, 7) is 2.62. The van der Waals surface area contributed by atoms with Gasteiger partial charge < -0.3 is 14.7 Å². The van der Waals surface area contributed by atoms with E-state index in [4.69, 9.17) is 5.11 Å². The number of aliphatic carboxylic acids is 1. The molecule has 0 aliphatic carbocycles. The average molecular weight is 290 g/mol. The maximum absolute atomic E-state index is 11.8. The van der Waals surface area contributed by atoms with Gasteiger partial charge in [0.2, 0.25) is 5.91 Å². The molecule has 0 radical (unpaired) electrons. The third kappa shape index (κ3) is 5.93. The lowest BCUT2D eigenvalue weighted by Gasteiger charge is -2.34. The van der Waals surface area contributed by atoms with E-state index in [-0.39, 0.29) is 29.9 Å². The van der Waals surface area contributed by atoms with Crippen LogP contribution in [0.3, 0.4) is 0 Å². The highest BCUT2D eigenvalue weighted by atomic mass is 32.2. The van der Waals surface area contributed by atoms with Crippen LogP contribution in [0.25, 0.3) is 0 Å². The van der Waals surface area contributed by atoms with Crippen LogP contribution in [0, 0.1) is 0 Å². The van der Waals surface area contributed by atoms with Gasteiger partial charge in [-0.3, -0.25) is 19.3 Å². The van der Waals surface area contributed by atoms with Crippen molar-refractivity contribution in [3.8, 4) is 0 Å². The summed E-state index contributed by atoms with van der Waals surface area (Å²) in [5, 5.41) is 8.48. The average Bonchev–Trinajstić information content (AvgIpc) is 2.38. The Hall–Kier alpha value is -1.28. The maximum Gasteiger partial charge on any atom is 0.319 e. The molecule has 1 rings (SSSR count). The molecule has 0 unspecified atom stereocenters. The molecule has 1 heterocycles. The lowest BCUT2D eigenvalue weighted by atomic mass is 10.3. The number of esters is 1. The summed E-state index contributed by atoms with van der Waals surface area (Å²) >= 11 is 1.10. The molecular formula is C11H18N2O5S. The smallest absolute Gasteiger partial charge is 0.319 e. The highest BCUT2D eigenvalue weighted by Gasteiger charge is 2.22. The molecule has 0 aromatic rings. The Kier molecular flexibility index (Phi) is 6.65. The van der Waals surface area contributed by atoms with Crippen LogP contribution in [0.2, 0.25) is 0 Å². The maximum atomic E-state index is 11.8. The number of methoxy groups -OCH3 is 1. The molecule has 8 heteroatoms. The molecule has 1 N–H and O–H groups in total. The number of thioether (sulfide) groups is 1. The van der Waals surface area contributed by atoms with Gasteiger partial charge in [0.05, 0.1) is 25.2 Å². The number of rotatable bonds is 6. The van der Waals surface area contributed by atoms with Crippen molar-refractivity contribution in [1.82, 2.24) is 9.80 Å². The van der Waals surface area contributed by atoms with E-state index < -0.39 is 5.97 Å². The lowest BCUT2D eigenvalue weighted by Crippen LogP contribution is -2.50. The number of hydrogen-bond acceptors (Lipinski definition) is 6. The molecule has 0 spiro atoms. The minimum absolute atomic E-state index is 0.0519. The van der Waals surface area contributed by atoms with E-state index in [2.05, 4.69) is 4.74 Å². The number of amides is 1. The third-order valence-electron chi connectivity index (χ3n) is 2.76. The minimum Gasteiger partial charge on any atom is -0.481 e. The van der Waals surface area contributed by atoms with Crippen LogP contribution in [-0.2, 0) is 19.1 Å². The Balaban J connectivity index is 2.23. The largest absolute Gasteiger partial charge is 0.481 e. The normalized spacial score (nSPS) is 16.2. The molecule has 1 aliphatic heterocycles. The second-order valence-corrected chi connectivity index (χ2v) is 5.11. The van der Waals surface area contributed by atoms with E-state index in [9.17, 15) is 14.4 Å².